The molecule has 25 heavy (non-hydrogen) atoms. The van der Waals surface area contributed by atoms with Gasteiger partial charge in [-0.1, -0.05) is 6.92 Å². The Morgan fingerprint density at radius 3 is 2.48 bits per heavy atom. The van der Waals surface area contributed by atoms with Crippen LogP contribution in [0.3, 0.4) is 0 Å². The number of hydrogen-bond donors (Lipinski definition) is 0. The van der Waals surface area contributed by atoms with Gasteiger partial charge >= 0.3 is 0 Å². The van der Waals surface area contributed by atoms with Crippen molar-refractivity contribution in [2.75, 3.05) is 30.8 Å². The maximum atomic E-state index is 11.9. The lowest BCUT2D eigenvalue weighted by atomic mass is 10.1. The topological polar surface area (TPSA) is 83.7 Å². The lowest BCUT2D eigenvalue weighted by Crippen LogP contribution is -2.47. The van der Waals surface area contributed by atoms with Gasteiger partial charge in [0.05, 0.1) is 6.26 Å². The van der Waals surface area contributed by atoms with Gasteiger partial charge in [-0.3, -0.25) is 0 Å². The standard InChI is InChI=1S/C16H24N6O2S/c1-3-21(25(2,23)24)13-8-10-20(11-9-13)15-7-6-14-17-18-16(12-4-5-12)22(14)19-15/h6-7,12-13H,3-5,8-11H2,1-2H3. The molecule has 0 spiro atoms. The first-order chi connectivity index (χ1) is 12.0. The van der Waals surface area contributed by atoms with Gasteiger partial charge in [-0.2, -0.15) is 8.82 Å². The first-order valence-electron chi connectivity index (χ1n) is 8.91. The Morgan fingerprint density at radius 2 is 1.88 bits per heavy atom. The van der Waals surface area contributed by atoms with Crippen LogP contribution in [-0.4, -0.2) is 64.5 Å². The average Bonchev–Trinajstić information content (AvgIpc) is 3.34. The number of nitrogens with zero attached hydrogens (tertiary/aromatic N) is 6. The van der Waals surface area contributed by atoms with Gasteiger partial charge in [0.25, 0.3) is 0 Å². The Hall–Kier alpha value is -1.74. The summed E-state index contributed by atoms with van der Waals surface area (Å²) in [6.07, 6.45) is 5.26. The fraction of sp³-hybridized carbons (Fsp3) is 0.688. The fourth-order valence-corrected chi connectivity index (χ4v) is 4.93. The Bertz CT molecular complexity index is 868. The maximum absolute atomic E-state index is 11.9. The summed E-state index contributed by atoms with van der Waals surface area (Å²) in [5.74, 6) is 2.37. The van der Waals surface area contributed by atoms with Crippen molar-refractivity contribution in [3.63, 3.8) is 0 Å². The summed E-state index contributed by atoms with van der Waals surface area (Å²) in [5.41, 5.74) is 0.787. The molecule has 1 saturated carbocycles. The lowest BCUT2D eigenvalue weighted by molar-refractivity contribution is 0.285. The summed E-state index contributed by atoms with van der Waals surface area (Å²) in [5, 5.41) is 13.2. The molecule has 0 N–H and O–H groups in total. The van der Waals surface area contributed by atoms with Crippen molar-refractivity contribution in [1.82, 2.24) is 24.1 Å². The van der Waals surface area contributed by atoms with Crippen LogP contribution in [0.25, 0.3) is 5.65 Å². The largest absolute Gasteiger partial charge is 0.355 e. The molecule has 0 bridgehead atoms. The smallest absolute Gasteiger partial charge is 0.211 e. The van der Waals surface area contributed by atoms with Crippen LogP contribution in [0.4, 0.5) is 5.82 Å². The van der Waals surface area contributed by atoms with Crippen molar-refractivity contribution in [1.29, 1.82) is 0 Å². The molecule has 8 nitrogen and oxygen atoms in total. The minimum atomic E-state index is -3.15. The minimum absolute atomic E-state index is 0.0805. The number of rotatable bonds is 5. The molecule has 0 unspecified atom stereocenters. The van der Waals surface area contributed by atoms with E-state index in [1.807, 2.05) is 23.6 Å². The van der Waals surface area contributed by atoms with Crippen LogP contribution in [0.5, 0.6) is 0 Å². The molecule has 0 aromatic carbocycles. The van der Waals surface area contributed by atoms with Gasteiger partial charge in [0.15, 0.2) is 11.5 Å². The molecular weight excluding hydrogens is 340 g/mol. The molecule has 1 saturated heterocycles. The number of hydrogen-bond acceptors (Lipinski definition) is 6. The van der Waals surface area contributed by atoms with Crippen molar-refractivity contribution < 1.29 is 8.42 Å². The van der Waals surface area contributed by atoms with Crippen molar-refractivity contribution in [2.24, 2.45) is 0 Å². The summed E-state index contributed by atoms with van der Waals surface area (Å²) >= 11 is 0. The molecule has 1 aliphatic heterocycles. The Morgan fingerprint density at radius 1 is 1.16 bits per heavy atom. The lowest BCUT2D eigenvalue weighted by Gasteiger charge is -2.37. The fourth-order valence-electron chi connectivity index (χ4n) is 3.71. The molecular formula is C16H24N6O2S. The second-order valence-electron chi connectivity index (χ2n) is 6.98. The number of sulfonamides is 1. The van der Waals surface area contributed by atoms with Crippen LogP contribution in [0.15, 0.2) is 12.1 Å². The number of piperidine rings is 1. The Labute approximate surface area is 147 Å². The second kappa shape index (κ2) is 6.21. The van der Waals surface area contributed by atoms with Crippen LogP contribution >= 0.6 is 0 Å². The van der Waals surface area contributed by atoms with Crippen LogP contribution in [0.1, 0.15) is 44.3 Å². The quantitative estimate of drug-likeness (QED) is 0.794. The number of aromatic nitrogens is 4. The van der Waals surface area contributed by atoms with E-state index in [1.165, 1.54) is 6.26 Å². The minimum Gasteiger partial charge on any atom is -0.355 e. The van der Waals surface area contributed by atoms with Crippen LogP contribution in [0.2, 0.25) is 0 Å². The highest BCUT2D eigenvalue weighted by molar-refractivity contribution is 7.88. The van der Waals surface area contributed by atoms with Gasteiger partial charge in [-0.25, -0.2) is 8.42 Å². The van der Waals surface area contributed by atoms with E-state index in [9.17, 15) is 8.42 Å². The summed E-state index contributed by atoms with van der Waals surface area (Å²) < 4.78 is 27.3. The van der Waals surface area contributed by atoms with E-state index in [2.05, 4.69) is 15.1 Å². The van der Waals surface area contributed by atoms with Gasteiger partial charge in [0.1, 0.15) is 5.82 Å². The van der Waals surface area contributed by atoms with Crippen LogP contribution in [0, 0.1) is 0 Å². The molecule has 2 fully saturated rings. The average molecular weight is 364 g/mol. The first-order valence-corrected chi connectivity index (χ1v) is 10.8. The monoisotopic (exact) mass is 364 g/mol. The molecule has 0 radical (unpaired) electrons. The molecule has 0 amide bonds. The van der Waals surface area contributed by atoms with E-state index >= 15 is 0 Å². The number of anilines is 1. The highest BCUT2D eigenvalue weighted by atomic mass is 32.2. The van der Waals surface area contributed by atoms with E-state index in [-0.39, 0.29) is 6.04 Å². The third kappa shape index (κ3) is 3.22. The molecule has 3 heterocycles. The molecule has 2 aliphatic rings. The summed E-state index contributed by atoms with van der Waals surface area (Å²) in [6, 6.07) is 4.02. The maximum Gasteiger partial charge on any atom is 0.211 e. The van der Waals surface area contributed by atoms with Gasteiger partial charge in [-0.15, -0.1) is 15.3 Å². The predicted octanol–water partition coefficient (Wildman–Crippen LogP) is 1.25. The SMILES string of the molecule is CCN(C1CCN(c2ccc3nnc(C4CC4)n3n2)CC1)S(C)(=O)=O. The summed E-state index contributed by atoms with van der Waals surface area (Å²) in [7, 11) is -3.15. The van der Waals surface area contributed by atoms with Crippen molar-refractivity contribution in [3.8, 4) is 0 Å². The van der Waals surface area contributed by atoms with Gasteiger partial charge in [-0.05, 0) is 37.8 Å². The summed E-state index contributed by atoms with van der Waals surface area (Å²) in [4.78, 5) is 2.22. The Balaban J connectivity index is 1.51. The van der Waals surface area contributed by atoms with E-state index in [4.69, 9.17) is 5.10 Å². The van der Waals surface area contributed by atoms with Crippen molar-refractivity contribution in [3.05, 3.63) is 18.0 Å². The molecule has 2 aromatic rings. The zero-order chi connectivity index (χ0) is 17.6. The highest BCUT2D eigenvalue weighted by Gasteiger charge is 2.31. The first kappa shape index (κ1) is 16.7. The van der Waals surface area contributed by atoms with E-state index in [0.29, 0.717) is 12.5 Å². The highest BCUT2D eigenvalue weighted by Crippen LogP contribution is 2.38. The van der Waals surface area contributed by atoms with Crippen molar-refractivity contribution in [2.45, 2.75) is 44.6 Å². The van der Waals surface area contributed by atoms with Gasteiger partial charge < -0.3 is 4.90 Å². The summed E-state index contributed by atoms with van der Waals surface area (Å²) in [6.45, 7) is 4.03. The zero-order valence-corrected chi connectivity index (χ0v) is 15.5. The van der Waals surface area contributed by atoms with E-state index in [1.54, 1.807) is 4.31 Å². The predicted molar refractivity (Wildman–Crippen MR) is 95.2 cm³/mol. The van der Waals surface area contributed by atoms with Crippen molar-refractivity contribution >= 4 is 21.5 Å². The van der Waals surface area contributed by atoms with E-state index < -0.39 is 10.0 Å². The zero-order valence-electron chi connectivity index (χ0n) is 14.7. The van der Waals surface area contributed by atoms with E-state index in [0.717, 1.165) is 56.1 Å². The van der Waals surface area contributed by atoms with Gasteiger partial charge in [0.2, 0.25) is 10.0 Å². The molecule has 136 valence electrons. The molecule has 9 heteroatoms. The Kier molecular flexibility index (Phi) is 4.15. The molecule has 1 aliphatic carbocycles. The molecule has 4 rings (SSSR count). The second-order valence-corrected chi connectivity index (χ2v) is 8.91. The number of fused-ring (bicyclic) bond motifs is 1. The van der Waals surface area contributed by atoms with Crippen LogP contribution < -0.4 is 4.90 Å². The van der Waals surface area contributed by atoms with Crippen LogP contribution in [-0.2, 0) is 10.0 Å². The third-order valence-corrected chi connectivity index (χ3v) is 6.56. The normalized spacial score (nSPS) is 19.9. The third-order valence-electron chi connectivity index (χ3n) is 5.15. The molecule has 0 atom stereocenters. The van der Waals surface area contributed by atoms with Gasteiger partial charge in [0, 0.05) is 31.6 Å². The molecule has 2 aromatic heterocycles.